The molecular formula is C17H16BrClN6O. The summed E-state index contributed by atoms with van der Waals surface area (Å²) in [5.41, 5.74) is 13.9. The summed E-state index contributed by atoms with van der Waals surface area (Å²) in [5, 5.41) is 9.72. The van der Waals surface area contributed by atoms with E-state index in [1.54, 1.807) is 18.2 Å². The summed E-state index contributed by atoms with van der Waals surface area (Å²) in [6.45, 7) is 0. The fourth-order valence-corrected chi connectivity index (χ4v) is 2.44. The number of hydrogen-bond acceptors (Lipinski definition) is 3. The molecule has 0 spiro atoms. The van der Waals surface area contributed by atoms with Crippen LogP contribution in [0.25, 0.3) is 11.3 Å². The maximum atomic E-state index is 12.3. The van der Waals surface area contributed by atoms with Gasteiger partial charge in [-0.2, -0.15) is 5.10 Å². The molecule has 1 amide bonds. The van der Waals surface area contributed by atoms with E-state index in [0.717, 1.165) is 10.0 Å². The van der Waals surface area contributed by atoms with Gasteiger partial charge in [0.2, 0.25) is 0 Å². The van der Waals surface area contributed by atoms with Gasteiger partial charge < -0.3 is 16.8 Å². The highest BCUT2D eigenvalue weighted by Gasteiger charge is 2.11. The SMILES string of the molecule is Cl.NC(N)=Nc1ccc(-c2cc(C(=O)Nc3ccc(Br)cc3)[nH]n2)cc1. The number of aliphatic imine (C=N–C) groups is 1. The molecule has 0 saturated carbocycles. The van der Waals surface area contributed by atoms with E-state index in [-0.39, 0.29) is 24.3 Å². The Morgan fingerprint density at radius 2 is 1.73 bits per heavy atom. The van der Waals surface area contributed by atoms with Crippen LogP contribution in [0.3, 0.4) is 0 Å². The number of benzene rings is 2. The Kier molecular flexibility index (Phi) is 6.37. The summed E-state index contributed by atoms with van der Waals surface area (Å²) in [6.07, 6.45) is 0. The van der Waals surface area contributed by atoms with Crippen LogP contribution in [0.1, 0.15) is 10.5 Å². The first kappa shape index (κ1) is 19.5. The van der Waals surface area contributed by atoms with Crippen LogP contribution >= 0.6 is 28.3 Å². The van der Waals surface area contributed by atoms with Gasteiger partial charge in [0.15, 0.2) is 5.96 Å². The lowest BCUT2D eigenvalue weighted by Gasteiger charge is -2.02. The van der Waals surface area contributed by atoms with Crippen LogP contribution in [0.2, 0.25) is 0 Å². The molecule has 0 unspecified atom stereocenters. The zero-order valence-corrected chi connectivity index (χ0v) is 15.8. The minimum absolute atomic E-state index is 0. The number of nitrogens with one attached hydrogen (secondary N) is 2. The Morgan fingerprint density at radius 1 is 1.08 bits per heavy atom. The Balaban J connectivity index is 0.00000243. The van der Waals surface area contributed by atoms with Gasteiger partial charge in [-0.05, 0) is 42.5 Å². The number of H-pyrrole nitrogens is 1. The number of rotatable bonds is 4. The van der Waals surface area contributed by atoms with Crippen molar-refractivity contribution in [3.05, 3.63) is 64.8 Å². The average Bonchev–Trinajstić information content (AvgIpc) is 3.07. The van der Waals surface area contributed by atoms with Crippen LogP contribution < -0.4 is 16.8 Å². The zero-order chi connectivity index (χ0) is 17.8. The molecule has 0 aliphatic rings. The van der Waals surface area contributed by atoms with Gasteiger partial charge in [-0.1, -0.05) is 28.1 Å². The van der Waals surface area contributed by atoms with E-state index in [9.17, 15) is 4.79 Å². The lowest BCUT2D eigenvalue weighted by atomic mass is 10.1. The molecule has 26 heavy (non-hydrogen) atoms. The lowest BCUT2D eigenvalue weighted by Crippen LogP contribution is -2.21. The molecule has 9 heteroatoms. The number of anilines is 1. The summed E-state index contributed by atoms with van der Waals surface area (Å²) >= 11 is 3.35. The van der Waals surface area contributed by atoms with E-state index in [0.29, 0.717) is 22.8 Å². The Hall–Kier alpha value is -2.84. The maximum absolute atomic E-state index is 12.3. The molecule has 0 saturated heterocycles. The second kappa shape index (κ2) is 8.50. The van der Waals surface area contributed by atoms with Crippen LogP contribution in [0, 0.1) is 0 Å². The smallest absolute Gasteiger partial charge is 0.273 e. The third-order valence-electron chi connectivity index (χ3n) is 3.35. The summed E-state index contributed by atoms with van der Waals surface area (Å²) in [7, 11) is 0. The molecule has 0 atom stereocenters. The molecule has 3 rings (SSSR count). The fraction of sp³-hybridized carbons (Fsp3) is 0. The number of aromatic amines is 1. The van der Waals surface area contributed by atoms with Gasteiger partial charge in [-0.15, -0.1) is 12.4 Å². The minimum Gasteiger partial charge on any atom is -0.370 e. The number of nitrogens with zero attached hydrogens (tertiary/aromatic N) is 2. The van der Waals surface area contributed by atoms with E-state index >= 15 is 0 Å². The highest BCUT2D eigenvalue weighted by Crippen LogP contribution is 2.22. The molecule has 0 bridgehead atoms. The number of halogens is 2. The van der Waals surface area contributed by atoms with Crippen molar-refractivity contribution in [3.8, 4) is 11.3 Å². The van der Waals surface area contributed by atoms with E-state index in [1.807, 2.05) is 36.4 Å². The molecule has 0 aliphatic carbocycles. The predicted molar refractivity (Wildman–Crippen MR) is 109 cm³/mol. The standard InChI is InChI=1S/C17H15BrN6O.ClH/c18-11-3-7-12(8-4-11)21-16(25)15-9-14(23-24-15)10-1-5-13(6-2-10)22-17(19)20;/h1-9H,(H,21,25)(H,23,24)(H4,19,20,22);1H. The van der Waals surface area contributed by atoms with Gasteiger partial charge in [-0.25, -0.2) is 4.99 Å². The number of aromatic nitrogens is 2. The van der Waals surface area contributed by atoms with Crippen molar-refractivity contribution in [2.75, 3.05) is 5.32 Å². The lowest BCUT2D eigenvalue weighted by molar-refractivity contribution is 0.102. The van der Waals surface area contributed by atoms with E-state index in [2.05, 4.69) is 36.4 Å². The normalized spacial score (nSPS) is 9.88. The van der Waals surface area contributed by atoms with Crippen molar-refractivity contribution in [1.82, 2.24) is 10.2 Å². The van der Waals surface area contributed by atoms with Gasteiger partial charge >= 0.3 is 0 Å². The minimum atomic E-state index is -0.266. The molecule has 2 aromatic carbocycles. The first-order valence-electron chi connectivity index (χ1n) is 7.33. The molecule has 3 aromatic rings. The predicted octanol–water partition coefficient (Wildman–Crippen LogP) is 3.42. The third-order valence-corrected chi connectivity index (χ3v) is 3.87. The molecule has 1 aromatic heterocycles. The number of hydrogen-bond donors (Lipinski definition) is 4. The van der Waals surface area contributed by atoms with Crippen LogP contribution in [0.4, 0.5) is 11.4 Å². The zero-order valence-electron chi connectivity index (χ0n) is 13.4. The van der Waals surface area contributed by atoms with E-state index in [4.69, 9.17) is 11.5 Å². The second-order valence-corrected chi connectivity index (χ2v) is 6.13. The Bertz CT molecular complexity index is 917. The monoisotopic (exact) mass is 434 g/mol. The topological polar surface area (TPSA) is 122 Å². The van der Waals surface area contributed by atoms with Crippen molar-refractivity contribution in [2.45, 2.75) is 0 Å². The molecule has 6 N–H and O–H groups in total. The summed E-state index contributed by atoms with van der Waals surface area (Å²) in [5.74, 6) is -0.266. The average molecular weight is 436 g/mol. The number of carbonyl (C=O) groups excluding carboxylic acids is 1. The van der Waals surface area contributed by atoms with Gasteiger partial charge in [0, 0.05) is 15.7 Å². The molecule has 1 heterocycles. The van der Waals surface area contributed by atoms with Crippen LogP contribution in [-0.2, 0) is 0 Å². The van der Waals surface area contributed by atoms with Gasteiger partial charge in [0.1, 0.15) is 5.69 Å². The van der Waals surface area contributed by atoms with Crippen molar-refractivity contribution in [2.24, 2.45) is 16.5 Å². The Morgan fingerprint density at radius 3 is 2.35 bits per heavy atom. The second-order valence-electron chi connectivity index (χ2n) is 5.21. The third kappa shape index (κ3) is 4.84. The van der Waals surface area contributed by atoms with Gasteiger partial charge in [0.05, 0.1) is 11.4 Å². The molecular weight excluding hydrogens is 420 g/mol. The van der Waals surface area contributed by atoms with Crippen molar-refractivity contribution in [3.63, 3.8) is 0 Å². The molecule has 134 valence electrons. The van der Waals surface area contributed by atoms with Crippen LogP contribution in [-0.4, -0.2) is 22.1 Å². The van der Waals surface area contributed by atoms with E-state index in [1.165, 1.54) is 0 Å². The molecule has 0 radical (unpaired) electrons. The maximum Gasteiger partial charge on any atom is 0.273 e. The molecule has 7 nitrogen and oxygen atoms in total. The summed E-state index contributed by atoms with van der Waals surface area (Å²) < 4.78 is 0.943. The van der Waals surface area contributed by atoms with Crippen molar-refractivity contribution >= 4 is 51.6 Å². The molecule has 0 aliphatic heterocycles. The highest BCUT2D eigenvalue weighted by atomic mass is 79.9. The first-order valence-corrected chi connectivity index (χ1v) is 8.13. The summed E-state index contributed by atoms with van der Waals surface area (Å²) in [4.78, 5) is 16.2. The number of amides is 1. The Labute approximate surface area is 164 Å². The number of guanidine groups is 1. The van der Waals surface area contributed by atoms with Crippen molar-refractivity contribution in [1.29, 1.82) is 0 Å². The number of nitrogens with two attached hydrogens (primary N) is 2. The van der Waals surface area contributed by atoms with E-state index < -0.39 is 0 Å². The summed E-state index contributed by atoms with van der Waals surface area (Å²) in [6, 6.07) is 16.2. The molecule has 0 fully saturated rings. The highest BCUT2D eigenvalue weighted by molar-refractivity contribution is 9.10. The number of carbonyl (C=O) groups is 1. The van der Waals surface area contributed by atoms with Crippen molar-refractivity contribution < 1.29 is 4.79 Å². The quantitative estimate of drug-likeness (QED) is 0.370. The van der Waals surface area contributed by atoms with Crippen LogP contribution in [0.5, 0.6) is 0 Å². The van der Waals surface area contributed by atoms with Gasteiger partial charge in [0.25, 0.3) is 5.91 Å². The van der Waals surface area contributed by atoms with Crippen LogP contribution in [0.15, 0.2) is 64.1 Å². The fourth-order valence-electron chi connectivity index (χ4n) is 2.17. The van der Waals surface area contributed by atoms with Gasteiger partial charge in [-0.3, -0.25) is 9.89 Å². The first-order chi connectivity index (χ1) is 12.0. The largest absolute Gasteiger partial charge is 0.370 e.